The average Bonchev–Trinajstić information content (AvgIpc) is 2.35. The van der Waals surface area contributed by atoms with Gasteiger partial charge in [-0.05, 0) is 57.6 Å². The lowest BCUT2D eigenvalue weighted by atomic mass is 9.90. The second kappa shape index (κ2) is 5.85. The number of hydrogen-bond acceptors (Lipinski definition) is 2. The molecule has 0 spiro atoms. The summed E-state index contributed by atoms with van der Waals surface area (Å²) in [6.07, 6.45) is 4.76. The van der Waals surface area contributed by atoms with Crippen molar-refractivity contribution in [3.8, 4) is 0 Å². The van der Waals surface area contributed by atoms with E-state index in [4.69, 9.17) is 5.73 Å². The summed E-state index contributed by atoms with van der Waals surface area (Å²) in [5, 5.41) is 3.77. The van der Waals surface area contributed by atoms with Gasteiger partial charge in [-0.2, -0.15) is 0 Å². The standard InChI is InChI=1S/C16H26N2/c1-11-4-5-12(2)16(10-11)13(3)18-15-8-6-14(17)7-9-15/h4-5,10,13-15,18H,6-9,17H2,1-3H3. The van der Waals surface area contributed by atoms with Crippen molar-refractivity contribution in [1.82, 2.24) is 5.32 Å². The maximum Gasteiger partial charge on any atom is 0.0297 e. The van der Waals surface area contributed by atoms with Crippen molar-refractivity contribution in [2.75, 3.05) is 0 Å². The molecule has 0 aliphatic heterocycles. The molecule has 18 heavy (non-hydrogen) atoms. The highest BCUT2D eigenvalue weighted by Crippen LogP contribution is 2.23. The Balaban J connectivity index is 1.98. The van der Waals surface area contributed by atoms with E-state index >= 15 is 0 Å². The molecule has 1 aliphatic carbocycles. The van der Waals surface area contributed by atoms with E-state index in [0.29, 0.717) is 18.1 Å². The summed E-state index contributed by atoms with van der Waals surface area (Å²) in [6, 6.07) is 8.22. The molecule has 1 aromatic rings. The van der Waals surface area contributed by atoms with Crippen LogP contribution in [0.15, 0.2) is 18.2 Å². The van der Waals surface area contributed by atoms with Gasteiger partial charge in [0.2, 0.25) is 0 Å². The predicted octanol–water partition coefficient (Wildman–Crippen LogP) is 3.22. The third-order valence-corrected chi connectivity index (χ3v) is 4.16. The molecule has 0 heterocycles. The highest BCUT2D eigenvalue weighted by molar-refractivity contribution is 5.32. The van der Waals surface area contributed by atoms with Gasteiger partial charge in [-0.1, -0.05) is 23.8 Å². The highest BCUT2D eigenvalue weighted by atomic mass is 14.9. The Hall–Kier alpha value is -0.860. The fraction of sp³-hybridized carbons (Fsp3) is 0.625. The number of benzene rings is 1. The zero-order chi connectivity index (χ0) is 13.1. The van der Waals surface area contributed by atoms with Crippen molar-refractivity contribution >= 4 is 0 Å². The van der Waals surface area contributed by atoms with Gasteiger partial charge < -0.3 is 11.1 Å². The van der Waals surface area contributed by atoms with Crippen LogP contribution in [0, 0.1) is 13.8 Å². The summed E-state index contributed by atoms with van der Waals surface area (Å²) in [5.74, 6) is 0. The summed E-state index contributed by atoms with van der Waals surface area (Å²) in [7, 11) is 0. The molecule has 1 aliphatic rings. The molecule has 0 radical (unpaired) electrons. The summed E-state index contributed by atoms with van der Waals surface area (Å²) >= 11 is 0. The molecule has 1 fully saturated rings. The van der Waals surface area contributed by atoms with E-state index < -0.39 is 0 Å². The molecule has 1 saturated carbocycles. The Labute approximate surface area is 111 Å². The molecule has 3 N–H and O–H groups in total. The van der Waals surface area contributed by atoms with Crippen LogP contribution < -0.4 is 11.1 Å². The van der Waals surface area contributed by atoms with Gasteiger partial charge in [-0.3, -0.25) is 0 Å². The van der Waals surface area contributed by atoms with Crippen molar-refractivity contribution in [2.45, 2.75) is 64.6 Å². The number of nitrogens with two attached hydrogens (primary N) is 1. The van der Waals surface area contributed by atoms with Crippen LogP contribution in [-0.4, -0.2) is 12.1 Å². The van der Waals surface area contributed by atoms with Crippen LogP contribution in [-0.2, 0) is 0 Å². The van der Waals surface area contributed by atoms with Crippen LogP contribution in [0.5, 0.6) is 0 Å². The van der Waals surface area contributed by atoms with Gasteiger partial charge in [0.05, 0.1) is 0 Å². The van der Waals surface area contributed by atoms with E-state index in [-0.39, 0.29) is 0 Å². The third-order valence-electron chi connectivity index (χ3n) is 4.16. The molecule has 1 atom stereocenters. The van der Waals surface area contributed by atoms with Gasteiger partial charge in [0, 0.05) is 18.1 Å². The summed E-state index contributed by atoms with van der Waals surface area (Å²) in [6.45, 7) is 6.63. The Morgan fingerprint density at radius 2 is 1.83 bits per heavy atom. The summed E-state index contributed by atoms with van der Waals surface area (Å²) < 4.78 is 0. The van der Waals surface area contributed by atoms with Crippen LogP contribution in [0.25, 0.3) is 0 Å². The third kappa shape index (κ3) is 3.33. The molecule has 2 nitrogen and oxygen atoms in total. The van der Waals surface area contributed by atoms with Gasteiger partial charge in [0.15, 0.2) is 0 Å². The molecule has 0 saturated heterocycles. The quantitative estimate of drug-likeness (QED) is 0.859. The first-order chi connectivity index (χ1) is 8.56. The first kappa shape index (κ1) is 13.6. The van der Waals surface area contributed by atoms with Gasteiger partial charge >= 0.3 is 0 Å². The van der Waals surface area contributed by atoms with Crippen LogP contribution in [0.4, 0.5) is 0 Å². The molecular weight excluding hydrogens is 220 g/mol. The minimum Gasteiger partial charge on any atom is -0.328 e. The Bertz CT molecular complexity index is 392. The molecule has 2 heteroatoms. The van der Waals surface area contributed by atoms with E-state index in [1.807, 2.05) is 0 Å². The maximum absolute atomic E-state index is 5.96. The van der Waals surface area contributed by atoms with Crippen LogP contribution in [0.2, 0.25) is 0 Å². The topological polar surface area (TPSA) is 38.0 Å². The highest BCUT2D eigenvalue weighted by Gasteiger charge is 2.20. The first-order valence-electron chi connectivity index (χ1n) is 7.15. The number of rotatable bonds is 3. The summed E-state index contributed by atoms with van der Waals surface area (Å²) in [4.78, 5) is 0. The fourth-order valence-electron chi connectivity index (χ4n) is 2.96. The molecule has 1 unspecified atom stereocenters. The second-order valence-corrected chi connectivity index (χ2v) is 5.86. The molecule has 1 aromatic carbocycles. The van der Waals surface area contributed by atoms with Crippen LogP contribution in [0.3, 0.4) is 0 Å². The lowest BCUT2D eigenvalue weighted by molar-refractivity contribution is 0.322. The molecule has 0 amide bonds. The Kier molecular flexibility index (Phi) is 4.41. The first-order valence-corrected chi connectivity index (χ1v) is 7.15. The van der Waals surface area contributed by atoms with Crippen molar-refractivity contribution in [1.29, 1.82) is 0 Å². The summed E-state index contributed by atoms with van der Waals surface area (Å²) in [5.41, 5.74) is 10.1. The minimum absolute atomic E-state index is 0.430. The van der Waals surface area contributed by atoms with Gasteiger partial charge in [-0.15, -0.1) is 0 Å². The molecular formula is C16H26N2. The number of aryl methyl sites for hydroxylation is 2. The van der Waals surface area contributed by atoms with Gasteiger partial charge in [0.1, 0.15) is 0 Å². The number of hydrogen-bond donors (Lipinski definition) is 2. The lowest BCUT2D eigenvalue weighted by Crippen LogP contribution is -2.38. The monoisotopic (exact) mass is 246 g/mol. The fourth-order valence-corrected chi connectivity index (χ4v) is 2.96. The van der Waals surface area contributed by atoms with E-state index in [9.17, 15) is 0 Å². The zero-order valence-electron chi connectivity index (χ0n) is 11.9. The number of nitrogens with one attached hydrogen (secondary N) is 1. The maximum atomic E-state index is 5.96. The van der Waals surface area contributed by atoms with E-state index in [1.165, 1.54) is 29.5 Å². The van der Waals surface area contributed by atoms with Gasteiger partial charge in [0.25, 0.3) is 0 Å². The predicted molar refractivity (Wildman–Crippen MR) is 77.7 cm³/mol. The SMILES string of the molecule is Cc1ccc(C)c(C(C)NC2CCC(N)CC2)c1. The average molecular weight is 246 g/mol. The Morgan fingerprint density at radius 3 is 2.50 bits per heavy atom. The van der Waals surface area contributed by atoms with Crippen molar-refractivity contribution in [3.63, 3.8) is 0 Å². The van der Waals surface area contributed by atoms with Crippen LogP contribution in [0.1, 0.15) is 55.3 Å². The van der Waals surface area contributed by atoms with Crippen molar-refractivity contribution < 1.29 is 0 Å². The molecule has 0 aromatic heterocycles. The second-order valence-electron chi connectivity index (χ2n) is 5.86. The lowest BCUT2D eigenvalue weighted by Gasteiger charge is -2.30. The van der Waals surface area contributed by atoms with E-state index in [2.05, 4.69) is 44.3 Å². The zero-order valence-corrected chi connectivity index (χ0v) is 11.9. The normalized spacial score (nSPS) is 26.0. The van der Waals surface area contributed by atoms with E-state index in [1.54, 1.807) is 0 Å². The molecule has 0 bridgehead atoms. The van der Waals surface area contributed by atoms with Crippen LogP contribution >= 0.6 is 0 Å². The molecule has 2 rings (SSSR count). The Morgan fingerprint density at radius 1 is 1.17 bits per heavy atom. The minimum atomic E-state index is 0.430. The van der Waals surface area contributed by atoms with E-state index in [0.717, 1.165) is 12.8 Å². The van der Waals surface area contributed by atoms with Crippen molar-refractivity contribution in [2.24, 2.45) is 5.73 Å². The smallest absolute Gasteiger partial charge is 0.0297 e. The largest absolute Gasteiger partial charge is 0.328 e. The van der Waals surface area contributed by atoms with Gasteiger partial charge in [-0.25, -0.2) is 0 Å². The molecule has 100 valence electrons. The van der Waals surface area contributed by atoms with Crippen molar-refractivity contribution in [3.05, 3.63) is 34.9 Å².